The molecular formula is C20H17NO4. The van der Waals surface area contributed by atoms with E-state index in [1.807, 2.05) is 42.5 Å². The van der Waals surface area contributed by atoms with Gasteiger partial charge in [-0.1, -0.05) is 54.6 Å². The van der Waals surface area contributed by atoms with Crippen LogP contribution in [-0.2, 0) is 11.2 Å². The summed E-state index contributed by atoms with van der Waals surface area (Å²) >= 11 is 0. The third-order valence-corrected chi connectivity index (χ3v) is 4.06. The van der Waals surface area contributed by atoms with Crippen LogP contribution >= 0.6 is 0 Å². The number of aromatic hydroxyl groups is 1. The predicted molar refractivity (Wildman–Crippen MR) is 94.6 cm³/mol. The zero-order valence-electron chi connectivity index (χ0n) is 13.3. The number of carboxylic acids is 1. The second-order valence-corrected chi connectivity index (χ2v) is 5.72. The Morgan fingerprint density at radius 2 is 1.60 bits per heavy atom. The van der Waals surface area contributed by atoms with Crippen LogP contribution in [0.1, 0.15) is 15.9 Å². The second-order valence-electron chi connectivity index (χ2n) is 5.72. The number of nitrogens with one attached hydrogen (secondary N) is 1. The van der Waals surface area contributed by atoms with Gasteiger partial charge < -0.3 is 15.5 Å². The first-order valence-corrected chi connectivity index (χ1v) is 7.84. The summed E-state index contributed by atoms with van der Waals surface area (Å²) in [4.78, 5) is 23.9. The summed E-state index contributed by atoms with van der Waals surface area (Å²) in [6.07, 6.45) is 0.149. The maximum atomic E-state index is 12.3. The molecule has 3 N–H and O–H groups in total. The maximum Gasteiger partial charge on any atom is 0.326 e. The van der Waals surface area contributed by atoms with Crippen LogP contribution in [0.4, 0.5) is 0 Å². The lowest BCUT2D eigenvalue weighted by Crippen LogP contribution is -2.42. The van der Waals surface area contributed by atoms with Crippen molar-refractivity contribution in [2.45, 2.75) is 12.5 Å². The molecule has 0 spiro atoms. The zero-order valence-corrected chi connectivity index (χ0v) is 13.3. The Morgan fingerprint density at radius 3 is 2.36 bits per heavy atom. The number of rotatable bonds is 5. The fourth-order valence-electron chi connectivity index (χ4n) is 2.79. The first kappa shape index (κ1) is 16.5. The molecule has 5 nitrogen and oxygen atoms in total. The minimum Gasteiger partial charge on any atom is -0.507 e. The molecule has 126 valence electrons. The van der Waals surface area contributed by atoms with Crippen LogP contribution in [0.25, 0.3) is 10.8 Å². The van der Waals surface area contributed by atoms with E-state index in [1.165, 1.54) is 12.1 Å². The van der Waals surface area contributed by atoms with Crippen molar-refractivity contribution in [2.75, 3.05) is 0 Å². The molecule has 0 aliphatic carbocycles. The van der Waals surface area contributed by atoms with Crippen LogP contribution in [0.2, 0.25) is 0 Å². The number of para-hydroxylation sites is 1. The first-order valence-electron chi connectivity index (χ1n) is 7.84. The van der Waals surface area contributed by atoms with Crippen molar-refractivity contribution in [1.82, 2.24) is 5.32 Å². The van der Waals surface area contributed by atoms with Gasteiger partial charge in [0.25, 0.3) is 5.91 Å². The van der Waals surface area contributed by atoms with E-state index < -0.39 is 17.9 Å². The van der Waals surface area contributed by atoms with Crippen LogP contribution in [-0.4, -0.2) is 28.1 Å². The molecule has 3 aromatic carbocycles. The Kier molecular flexibility index (Phi) is 4.66. The number of fused-ring (bicyclic) bond motifs is 1. The minimum absolute atomic E-state index is 0.0478. The lowest BCUT2D eigenvalue weighted by Gasteiger charge is -2.16. The van der Waals surface area contributed by atoms with Gasteiger partial charge in [0, 0.05) is 6.42 Å². The van der Waals surface area contributed by atoms with Gasteiger partial charge in [-0.2, -0.15) is 0 Å². The number of hydrogen-bond acceptors (Lipinski definition) is 3. The van der Waals surface area contributed by atoms with Crippen LogP contribution in [0.3, 0.4) is 0 Å². The van der Waals surface area contributed by atoms with E-state index in [2.05, 4.69) is 5.32 Å². The molecule has 0 saturated heterocycles. The van der Waals surface area contributed by atoms with Crippen molar-refractivity contribution in [2.24, 2.45) is 0 Å². The van der Waals surface area contributed by atoms with Gasteiger partial charge in [-0.05, 0) is 28.5 Å². The van der Waals surface area contributed by atoms with Crippen LogP contribution < -0.4 is 5.32 Å². The highest BCUT2D eigenvalue weighted by Gasteiger charge is 2.23. The van der Waals surface area contributed by atoms with E-state index >= 15 is 0 Å². The number of carboxylic acid groups (broad SMARTS) is 1. The monoisotopic (exact) mass is 335 g/mol. The highest BCUT2D eigenvalue weighted by atomic mass is 16.4. The van der Waals surface area contributed by atoms with Crippen LogP contribution in [0.5, 0.6) is 5.75 Å². The fourth-order valence-corrected chi connectivity index (χ4v) is 2.79. The number of phenolic OH excluding ortho intramolecular Hbond substituents is 1. The van der Waals surface area contributed by atoms with E-state index in [4.69, 9.17) is 0 Å². The number of carbonyl (C=O) groups excluding carboxylic acids is 1. The molecule has 25 heavy (non-hydrogen) atoms. The Bertz CT molecular complexity index is 930. The number of benzene rings is 3. The lowest BCUT2D eigenvalue weighted by atomic mass is 9.98. The van der Waals surface area contributed by atoms with Crippen molar-refractivity contribution in [1.29, 1.82) is 0 Å². The van der Waals surface area contributed by atoms with E-state index in [0.29, 0.717) is 0 Å². The van der Waals surface area contributed by atoms with Crippen molar-refractivity contribution >= 4 is 22.6 Å². The van der Waals surface area contributed by atoms with Crippen molar-refractivity contribution < 1.29 is 19.8 Å². The summed E-state index contributed by atoms with van der Waals surface area (Å²) in [5, 5.41) is 23.7. The average Bonchev–Trinajstić information content (AvgIpc) is 2.61. The molecule has 0 radical (unpaired) electrons. The molecule has 0 saturated carbocycles. The second kappa shape index (κ2) is 7.05. The third kappa shape index (κ3) is 3.61. The molecule has 5 heteroatoms. The van der Waals surface area contributed by atoms with Gasteiger partial charge in [-0.25, -0.2) is 4.79 Å². The lowest BCUT2D eigenvalue weighted by molar-refractivity contribution is -0.139. The Balaban J connectivity index is 1.86. The first-order chi connectivity index (χ1) is 12.1. The molecule has 0 unspecified atom stereocenters. The smallest absolute Gasteiger partial charge is 0.326 e. The van der Waals surface area contributed by atoms with E-state index in [1.54, 1.807) is 12.1 Å². The summed E-state index contributed by atoms with van der Waals surface area (Å²) < 4.78 is 0. The molecule has 0 aliphatic heterocycles. The SMILES string of the molecule is O=C(N[C@@H](Cc1cccc2ccccc12)C(=O)O)c1ccccc1O. The molecule has 3 rings (SSSR count). The highest BCUT2D eigenvalue weighted by Crippen LogP contribution is 2.20. The number of carbonyl (C=O) groups is 2. The van der Waals surface area contributed by atoms with Crippen molar-refractivity contribution in [3.05, 3.63) is 77.9 Å². The number of hydrogen-bond donors (Lipinski definition) is 3. The molecule has 1 atom stereocenters. The minimum atomic E-state index is -1.13. The maximum absolute atomic E-state index is 12.3. The molecule has 1 amide bonds. The Morgan fingerprint density at radius 1 is 0.920 bits per heavy atom. The molecule has 0 aromatic heterocycles. The summed E-state index contributed by atoms with van der Waals surface area (Å²) in [5.41, 5.74) is 0.884. The van der Waals surface area contributed by atoms with Gasteiger partial charge in [-0.3, -0.25) is 4.79 Å². The summed E-state index contributed by atoms with van der Waals surface area (Å²) in [6, 6.07) is 18.3. The predicted octanol–water partition coefficient (Wildman–Crippen LogP) is 2.97. The molecule has 0 fully saturated rings. The number of aliphatic carboxylic acids is 1. The summed E-state index contributed by atoms with van der Waals surface area (Å²) in [7, 11) is 0. The molecule has 3 aromatic rings. The standard InChI is InChI=1S/C20H17NO4/c22-18-11-4-3-10-16(18)19(23)21-17(20(24)25)12-14-8-5-7-13-6-1-2-9-15(13)14/h1-11,17,22H,12H2,(H,21,23)(H,24,25)/t17-/m0/s1. The number of phenols is 1. The largest absolute Gasteiger partial charge is 0.507 e. The Labute approximate surface area is 144 Å². The van der Waals surface area contributed by atoms with Gasteiger partial charge in [0.2, 0.25) is 0 Å². The van der Waals surface area contributed by atoms with E-state index in [-0.39, 0.29) is 17.7 Å². The summed E-state index contributed by atoms with van der Waals surface area (Å²) in [5.74, 6) is -1.93. The van der Waals surface area contributed by atoms with Crippen LogP contribution in [0, 0.1) is 0 Å². The molecule has 0 aliphatic rings. The average molecular weight is 335 g/mol. The van der Waals surface area contributed by atoms with E-state index in [0.717, 1.165) is 16.3 Å². The number of amides is 1. The van der Waals surface area contributed by atoms with Crippen molar-refractivity contribution in [3.8, 4) is 5.75 Å². The van der Waals surface area contributed by atoms with E-state index in [9.17, 15) is 19.8 Å². The molecule has 0 heterocycles. The van der Waals surface area contributed by atoms with Gasteiger partial charge >= 0.3 is 5.97 Å². The molecule has 0 bridgehead atoms. The van der Waals surface area contributed by atoms with Crippen LogP contribution in [0.15, 0.2) is 66.7 Å². The van der Waals surface area contributed by atoms with Gasteiger partial charge in [-0.15, -0.1) is 0 Å². The van der Waals surface area contributed by atoms with Gasteiger partial charge in [0.15, 0.2) is 0 Å². The van der Waals surface area contributed by atoms with Gasteiger partial charge in [0.05, 0.1) is 5.56 Å². The molecular weight excluding hydrogens is 318 g/mol. The quantitative estimate of drug-likeness (QED) is 0.669. The highest BCUT2D eigenvalue weighted by molar-refractivity contribution is 5.99. The van der Waals surface area contributed by atoms with Crippen molar-refractivity contribution in [3.63, 3.8) is 0 Å². The zero-order chi connectivity index (χ0) is 17.8. The normalized spacial score (nSPS) is 11.8. The third-order valence-electron chi connectivity index (χ3n) is 4.06. The topological polar surface area (TPSA) is 86.6 Å². The Hall–Kier alpha value is -3.34. The fraction of sp³-hybridized carbons (Fsp3) is 0.100. The van der Waals surface area contributed by atoms with Gasteiger partial charge in [0.1, 0.15) is 11.8 Å². The summed E-state index contributed by atoms with van der Waals surface area (Å²) in [6.45, 7) is 0.